The molecule has 0 saturated carbocycles. The summed E-state index contributed by atoms with van der Waals surface area (Å²) in [5, 5.41) is 6.94. The lowest BCUT2D eigenvalue weighted by Gasteiger charge is -2.40. The van der Waals surface area contributed by atoms with Crippen LogP contribution in [-0.4, -0.2) is 50.7 Å². The Morgan fingerprint density at radius 2 is 1.82 bits per heavy atom. The van der Waals surface area contributed by atoms with Gasteiger partial charge in [0.15, 0.2) is 0 Å². The molecule has 0 aromatic carbocycles. The lowest BCUT2D eigenvalue weighted by molar-refractivity contribution is 0.118. The fourth-order valence-corrected chi connectivity index (χ4v) is 2.85. The molecule has 1 fully saturated rings. The summed E-state index contributed by atoms with van der Waals surface area (Å²) in [6.07, 6.45) is 1.26. The van der Waals surface area contributed by atoms with Gasteiger partial charge >= 0.3 is 0 Å². The van der Waals surface area contributed by atoms with E-state index in [1.54, 1.807) is 0 Å². The molecular weight excluding hydrogens is 210 g/mol. The van der Waals surface area contributed by atoms with Gasteiger partial charge in [0.2, 0.25) is 0 Å². The van der Waals surface area contributed by atoms with Crippen molar-refractivity contribution in [2.45, 2.75) is 40.2 Å². The van der Waals surface area contributed by atoms with Gasteiger partial charge in [0.25, 0.3) is 0 Å². The molecule has 1 aliphatic rings. The first-order valence-corrected chi connectivity index (χ1v) is 7.06. The van der Waals surface area contributed by atoms with E-state index in [1.807, 2.05) is 0 Å². The van der Waals surface area contributed by atoms with Crippen LogP contribution >= 0.6 is 0 Å². The van der Waals surface area contributed by atoms with E-state index in [0.717, 1.165) is 19.0 Å². The number of hydrogen-bond donors (Lipinski definition) is 2. The third-order valence-electron chi connectivity index (χ3n) is 3.84. The Morgan fingerprint density at radius 3 is 2.29 bits per heavy atom. The number of nitrogens with one attached hydrogen (secondary N) is 2. The predicted octanol–water partition coefficient (Wildman–Crippen LogP) is 1.55. The minimum atomic E-state index is 0.344. The Hall–Kier alpha value is -0.120. The molecule has 1 saturated heterocycles. The second kappa shape index (κ2) is 6.72. The molecule has 102 valence electrons. The largest absolute Gasteiger partial charge is 0.316 e. The zero-order chi connectivity index (χ0) is 12.9. The van der Waals surface area contributed by atoms with Gasteiger partial charge in [0.05, 0.1) is 0 Å². The van der Waals surface area contributed by atoms with Crippen molar-refractivity contribution in [3.05, 3.63) is 0 Å². The number of nitrogens with zero attached hydrogens (tertiary/aromatic N) is 1. The van der Waals surface area contributed by atoms with Crippen LogP contribution in [0.25, 0.3) is 0 Å². The van der Waals surface area contributed by atoms with Crippen molar-refractivity contribution >= 4 is 0 Å². The first kappa shape index (κ1) is 14.9. The summed E-state index contributed by atoms with van der Waals surface area (Å²) in [5.74, 6) is 0.759. The summed E-state index contributed by atoms with van der Waals surface area (Å²) in [6, 6.07) is 0.609. The van der Waals surface area contributed by atoms with E-state index in [2.05, 4.69) is 50.3 Å². The SMILES string of the molecule is CNC(CC(C)C)C(C)(C)CN1CCNCC1. The van der Waals surface area contributed by atoms with Gasteiger partial charge in [-0.25, -0.2) is 0 Å². The van der Waals surface area contributed by atoms with Crippen molar-refractivity contribution in [3.8, 4) is 0 Å². The summed E-state index contributed by atoms with van der Waals surface area (Å²) < 4.78 is 0. The number of piperazine rings is 1. The molecule has 0 spiro atoms. The minimum Gasteiger partial charge on any atom is -0.316 e. The molecule has 1 heterocycles. The van der Waals surface area contributed by atoms with Crippen LogP contribution in [0.4, 0.5) is 0 Å². The summed E-state index contributed by atoms with van der Waals surface area (Å²) in [4.78, 5) is 2.60. The maximum absolute atomic E-state index is 3.52. The molecule has 0 aromatic rings. The van der Waals surface area contributed by atoms with Crippen molar-refractivity contribution in [1.82, 2.24) is 15.5 Å². The van der Waals surface area contributed by atoms with Crippen molar-refractivity contribution in [2.75, 3.05) is 39.8 Å². The first-order valence-electron chi connectivity index (χ1n) is 7.06. The monoisotopic (exact) mass is 241 g/mol. The summed E-state index contributed by atoms with van der Waals surface area (Å²) in [5.41, 5.74) is 0.344. The zero-order valence-electron chi connectivity index (χ0n) is 12.3. The van der Waals surface area contributed by atoms with Crippen LogP contribution < -0.4 is 10.6 Å². The van der Waals surface area contributed by atoms with E-state index in [1.165, 1.54) is 26.1 Å². The number of hydrogen-bond acceptors (Lipinski definition) is 3. The van der Waals surface area contributed by atoms with Crippen LogP contribution in [0.5, 0.6) is 0 Å². The summed E-state index contributed by atoms with van der Waals surface area (Å²) in [6.45, 7) is 15.3. The van der Waals surface area contributed by atoms with Crippen molar-refractivity contribution in [1.29, 1.82) is 0 Å². The lowest BCUT2D eigenvalue weighted by Crippen LogP contribution is -2.52. The van der Waals surface area contributed by atoms with Gasteiger partial charge in [-0.05, 0) is 24.8 Å². The van der Waals surface area contributed by atoms with Crippen LogP contribution in [0.15, 0.2) is 0 Å². The molecule has 3 heteroatoms. The molecule has 0 aromatic heterocycles. The quantitative estimate of drug-likeness (QED) is 0.739. The van der Waals surface area contributed by atoms with Crippen molar-refractivity contribution in [2.24, 2.45) is 11.3 Å². The van der Waals surface area contributed by atoms with Crippen LogP contribution in [0, 0.1) is 11.3 Å². The van der Waals surface area contributed by atoms with Crippen LogP contribution in [0.1, 0.15) is 34.1 Å². The Balaban J connectivity index is 2.50. The molecule has 0 radical (unpaired) electrons. The van der Waals surface area contributed by atoms with E-state index < -0.39 is 0 Å². The highest BCUT2D eigenvalue weighted by atomic mass is 15.2. The van der Waals surface area contributed by atoms with Gasteiger partial charge in [-0.3, -0.25) is 0 Å². The summed E-state index contributed by atoms with van der Waals surface area (Å²) in [7, 11) is 2.10. The second-order valence-electron chi connectivity index (χ2n) is 6.49. The standard InChI is InChI=1S/C14H31N3/c1-12(2)10-13(15-5)14(3,4)11-17-8-6-16-7-9-17/h12-13,15-16H,6-11H2,1-5H3. The van der Waals surface area contributed by atoms with E-state index in [0.29, 0.717) is 11.5 Å². The smallest absolute Gasteiger partial charge is 0.0130 e. The van der Waals surface area contributed by atoms with E-state index >= 15 is 0 Å². The van der Waals surface area contributed by atoms with Crippen molar-refractivity contribution in [3.63, 3.8) is 0 Å². The van der Waals surface area contributed by atoms with Gasteiger partial charge in [0.1, 0.15) is 0 Å². The Labute approximate surface area is 107 Å². The molecule has 1 atom stereocenters. The first-order chi connectivity index (χ1) is 7.95. The molecular formula is C14H31N3. The second-order valence-corrected chi connectivity index (χ2v) is 6.49. The van der Waals surface area contributed by atoms with Crippen LogP contribution in [0.3, 0.4) is 0 Å². The van der Waals surface area contributed by atoms with Gasteiger partial charge in [-0.15, -0.1) is 0 Å². The molecule has 0 aliphatic carbocycles. The summed E-state index contributed by atoms with van der Waals surface area (Å²) >= 11 is 0. The Kier molecular flexibility index (Phi) is 5.90. The van der Waals surface area contributed by atoms with Gasteiger partial charge in [-0.2, -0.15) is 0 Å². The van der Waals surface area contributed by atoms with Gasteiger partial charge in [-0.1, -0.05) is 27.7 Å². The normalized spacial score (nSPS) is 20.8. The average molecular weight is 241 g/mol. The molecule has 2 N–H and O–H groups in total. The third kappa shape index (κ3) is 4.94. The van der Waals surface area contributed by atoms with E-state index in [9.17, 15) is 0 Å². The maximum atomic E-state index is 3.52. The highest BCUT2D eigenvalue weighted by Gasteiger charge is 2.31. The van der Waals surface area contributed by atoms with Crippen molar-refractivity contribution < 1.29 is 0 Å². The Bertz CT molecular complexity index is 208. The highest BCUT2D eigenvalue weighted by molar-refractivity contribution is 4.87. The van der Waals surface area contributed by atoms with Gasteiger partial charge in [0, 0.05) is 38.8 Å². The predicted molar refractivity (Wildman–Crippen MR) is 75.4 cm³/mol. The lowest BCUT2D eigenvalue weighted by atomic mass is 9.79. The van der Waals surface area contributed by atoms with Gasteiger partial charge < -0.3 is 15.5 Å². The molecule has 0 bridgehead atoms. The van der Waals surface area contributed by atoms with E-state index in [4.69, 9.17) is 0 Å². The third-order valence-corrected chi connectivity index (χ3v) is 3.84. The highest BCUT2D eigenvalue weighted by Crippen LogP contribution is 2.26. The average Bonchev–Trinajstić information content (AvgIpc) is 2.26. The van der Waals surface area contributed by atoms with Crippen LogP contribution in [-0.2, 0) is 0 Å². The van der Waals surface area contributed by atoms with E-state index in [-0.39, 0.29) is 0 Å². The topological polar surface area (TPSA) is 27.3 Å². The minimum absolute atomic E-state index is 0.344. The maximum Gasteiger partial charge on any atom is 0.0130 e. The molecule has 17 heavy (non-hydrogen) atoms. The van der Waals surface area contributed by atoms with Crippen LogP contribution in [0.2, 0.25) is 0 Å². The zero-order valence-corrected chi connectivity index (χ0v) is 12.3. The fourth-order valence-electron chi connectivity index (χ4n) is 2.85. The number of rotatable bonds is 6. The molecule has 0 amide bonds. The Morgan fingerprint density at radius 1 is 1.24 bits per heavy atom. The fraction of sp³-hybridized carbons (Fsp3) is 1.00. The molecule has 1 rings (SSSR count). The molecule has 3 nitrogen and oxygen atoms in total. The molecule has 1 unspecified atom stereocenters. The molecule has 1 aliphatic heterocycles.